The summed E-state index contributed by atoms with van der Waals surface area (Å²) in [6.07, 6.45) is 0. The van der Waals surface area contributed by atoms with Crippen LogP contribution in [-0.2, 0) is 6.54 Å². The molecule has 0 saturated carbocycles. The largest absolute Gasteiger partial charge is 0.493 e. The first-order valence-corrected chi connectivity index (χ1v) is 12.3. The summed E-state index contributed by atoms with van der Waals surface area (Å²) in [6, 6.07) is 19.2. The third-order valence-corrected chi connectivity index (χ3v) is 6.57. The first-order chi connectivity index (χ1) is 18.1. The van der Waals surface area contributed by atoms with Gasteiger partial charge in [0.05, 0.1) is 27.0 Å². The van der Waals surface area contributed by atoms with E-state index < -0.39 is 0 Å². The molecule has 8 nitrogen and oxygen atoms in total. The van der Waals surface area contributed by atoms with Crippen molar-refractivity contribution in [3.8, 4) is 28.6 Å². The maximum Gasteiger partial charge on any atom is 0.255 e. The number of carbonyl (C=O) groups excluding carboxylic acids is 1. The molecular weight excluding hydrogens is 506 g/mol. The summed E-state index contributed by atoms with van der Waals surface area (Å²) >= 11 is 0. The highest BCUT2D eigenvalue weighted by molar-refractivity contribution is 6.07. The minimum atomic E-state index is -0.305. The van der Waals surface area contributed by atoms with E-state index in [0.717, 1.165) is 49.3 Å². The van der Waals surface area contributed by atoms with Gasteiger partial charge in [-0.3, -0.25) is 9.69 Å². The zero-order valence-corrected chi connectivity index (χ0v) is 22.5. The number of hydrogen-bond donors (Lipinski definition) is 2. The summed E-state index contributed by atoms with van der Waals surface area (Å²) in [4.78, 5) is 15.7. The summed E-state index contributed by atoms with van der Waals surface area (Å²) in [5.41, 5.74) is 3.86. The summed E-state index contributed by atoms with van der Waals surface area (Å²) in [6.45, 7) is 5.02. The van der Waals surface area contributed by atoms with Crippen LogP contribution in [0.1, 0.15) is 15.9 Å². The number of fused-ring (bicyclic) bond motifs is 1. The molecule has 2 heterocycles. The standard InChI is InChI=1S/C29H31N3O5.ClH/c1-34-26-16-21(17-27(35-2)28(26)36-3)29(33)31-23-7-5-4-6-22(23)25-15-20-9-8-19(14-24(20)37-25)18-32-12-10-30-11-13-32;/h4-9,14-17,30H,10-13,18H2,1-3H3,(H,31,33);1H. The fourth-order valence-electron chi connectivity index (χ4n) is 4.65. The average molecular weight is 538 g/mol. The number of benzene rings is 3. The molecule has 1 aromatic heterocycles. The Hall–Kier alpha value is -3.72. The van der Waals surface area contributed by atoms with Gasteiger partial charge in [0.1, 0.15) is 11.3 Å². The molecule has 4 aromatic rings. The van der Waals surface area contributed by atoms with Crippen LogP contribution in [0.4, 0.5) is 5.69 Å². The Morgan fingerprint density at radius 1 is 0.947 bits per heavy atom. The van der Waals surface area contributed by atoms with E-state index in [9.17, 15) is 4.79 Å². The van der Waals surface area contributed by atoms with E-state index in [-0.39, 0.29) is 18.3 Å². The van der Waals surface area contributed by atoms with Crippen molar-refractivity contribution in [2.24, 2.45) is 0 Å². The SMILES string of the molecule is COc1cc(C(=O)Nc2ccccc2-c2cc3ccc(CN4CCNCC4)cc3o2)cc(OC)c1OC.Cl. The van der Waals surface area contributed by atoms with Gasteiger partial charge in [0, 0.05) is 49.2 Å². The van der Waals surface area contributed by atoms with Crippen molar-refractivity contribution >= 4 is 35.0 Å². The quantitative estimate of drug-likeness (QED) is 0.319. The third kappa shape index (κ3) is 5.72. The number of furan rings is 1. The second-order valence-electron chi connectivity index (χ2n) is 8.92. The molecule has 200 valence electrons. The average Bonchev–Trinajstić information content (AvgIpc) is 3.36. The molecule has 0 spiro atoms. The molecule has 3 aromatic carbocycles. The van der Waals surface area contributed by atoms with Crippen molar-refractivity contribution in [2.45, 2.75) is 6.54 Å². The first-order valence-electron chi connectivity index (χ1n) is 12.3. The fourth-order valence-corrected chi connectivity index (χ4v) is 4.65. The Labute approximate surface area is 228 Å². The summed E-state index contributed by atoms with van der Waals surface area (Å²) < 4.78 is 22.4. The Kier molecular flexibility index (Phi) is 8.78. The van der Waals surface area contributed by atoms with Crippen molar-refractivity contribution in [3.05, 3.63) is 71.8 Å². The Morgan fingerprint density at radius 3 is 2.34 bits per heavy atom. The number of halogens is 1. The Bertz CT molecular complexity index is 1390. The fraction of sp³-hybridized carbons (Fsp3) is 0.276. The van der Waals surface area contributed by atoms with E-state index in [1.54, 1.807) is 12.1 Å². The number of ether oxygens (including phenoxy) is 3. The van der Waals surface area contributed by atoms with Gasteiger partial charge in [-0.15, -0.1) is 12.4 Å². The zero-order chi connectivity index (χ0) is 25.8. The predicted molar refractivity (Wildman–Crippen MR) is 151 cm³/mol. The van der Waals surface area contributed by atoms with Crippen LogP contribution >= 0.6 is 12.4 Å². The lowest BCUT2D eigenvalue weighted by Gasteiger charge is -2.27. The minimum Gasteiger partial charge on any atom is -0.493 e. The van der Waals surface area contributed by atoms with Crippen molar-refractivity contribution in [1.29, 1.82) is 0 Å². The Morgan fingerprint density at radius 2 is 1.66 bits per heavy atom. The van der Waals surface area contributed by atoms with Gasteiger partial charge in [-0.2, -0.15) is 0 Å². The molecule has 1 amide bonds. The number of hydrogen-bond acceptors (Lipinski definition) is 7. The van der Waals surface area contributed by atoms with E-state index in [1.165, 1.54) is 26.9 Å². The van der Waals surface area contributed by atoms with Crippen LogP contribution in [0.25, 0.3) is 22.3 Å². The minimum absolute atomic E-state index is 0. The summed E-state index contributed by atoms with van der Waals surface area (Å²) in [5, 5.41) is 7.42. The lowest BCUT2D eigenvalue weighted by atomic mass is 10.1. The molecular formula is C29H32ClN3O5. The number of carbonyl (C=O) groups is 1. The van der Waals surface area contributed by atoms with Crippen LogP contribution in [0.15, 0.2) is 65.1 Å². The van der Waals surface area contributed by atoms with Crippen LogP contribution < -0.4 is 24.8 Å². The maximum absolute atomic E-state index is 13.2. The predicted octanol–water partition coefficient (Wildman–Crippen LogP) is 5.20. The summed E-state index contributed by atoms with van der Waals surface area (Å²) in [7, 11) is 4.56. The van der Waals surface area contributed by atoms with Gasteiger partial charge >= 0.3 is 0 Å². The molecule has 0 aliphatic carbocycles. The van der Waals surface area contributed by atoms with E-state index in [2.05, 4.69) is 33.7 Å². The second-order valence-corrected chi connectivity index (χ2v) is 8.92. The van der Waals surface area contributed by atoms with Gasteiger partial charge in [-0.25, -0.2) is 0 Å². The third-order valence-electron chi connectivity index (χ3n) is 6.57. The van der Waals surface area contributed by atoms with Gasteiger partial charge in [-0.05, 0) is 42.0 Å². The summed E-state index contributed by atoms with van der Waals surface area (Å²) in [5.74, 6) is 1.64. The zero-order valence-electron chi connectivity index (χ0n) is 21.7. The van der Waals surface area contributed by atoms with Gasteiger partial charge in [-0.1, -0.05) is 24.3 Å². The van der Waals surface area contributed by atoms with E-state index >= 15 is 0 Å². The lowest BCUT2D eigenvalue weighted by molar-refractivity contribution is 0.102. The van der Waals surface area contributed by atoms with Gasteiger partial charge in [0.15, 0.2) is 11.5 Å². The van der Waals surface area contributed by atoms with Crippen molar-refractivity contribution in [3.63, 3.8) is 0 Å². The molecule has 1 aliphatic heterocycles. The number of nitrogens with one attached hydrogen (secondary N) is 2. The van der Waals surface area contributed by atoms with Crippen molar-refractivity contribution in [2.75, 3.05) is 52.8 Å². The van der Waals surface area contributed by atoms with Crippen LogP contribution in [0.2, 0.25) is 0 Å². The number of nitrogens with zero attached hydrogens (tertiary/aromatic N) is 1. The molecule has 9 heteroatoms. The molecule has 1 saturated heterocycles. The van der Waals surface area contributed by atoms with E-state index in [0.29, 0.717) is 34.3 Å². The monoisotopic (exact) mass is 537 g/mol. The van der Waals surface area contributed by atoms with Crippen molar-refractivity contribution in [1.82, 2.24) is 10.2 Å². The van der Waals surface area contributed by atoms with Crippen LogP contribution in [-0.4, -0.2) is 58.3 Å². The topological polar surface area (TPSA) is 85.2 Å². The van der Waals surface area contributed by atoms with Crippen LogP contribution in [0.5, 0.6) is 17.2 Å². The molecule has 0 atom stereocenters. The Balaban J connectivity index is 0.00000336. The number of rotatable bonds is 8. The molecule has 0 radical (unpaired) electrons. The molecule has 1 aliphatic rings. The number of methoxy groups -OCH3 is 3. The van der Waals surface area contributed by atoms with E-state index in [4.69, 9.17) is 18.6 Å². The highest BCUT2D eigenvalue weighted by Crippen LogP contribution is 2.39. The van der Waals surface area contributed by atoms with E-state index in [1.807, 2.05) is 30.3 Å². The maximum atomic E-state index is 13.2. The highest BCUT2D eigenvalue weighted by Gasteiger charge is 2.19. The highest BCUT2D eigenvalue weighted by atomic mass is 35.5. The van der Waals surface area contributed by atoms with Gasteiger partial charge in [0.25, 0.3) is 5.91 Å². The lowest BCUT2D eigenvalue weighted by Crippen LogP contribution is -2.42. The van der Waals surface area contributed by atoms with Gasteiger partial charge < -0.3 is 29.3 Å². The molecule has 5 rings (SSSR count). The molecule has 38 heavy (non-hydrogen) atoms. The molecule has 2 N–H and O–H groups in total. The molecule has 0 unspecified atom stereocenters. The number of anilines is 1. The van der Waals surface area contributed by atoms with Crippen LogP contribution in [0, 0.1) is 0 Å². The first kappa shape index (κ1) is 27.3. The molecule has 0 bridgehead atoms. The number of amides is 1. The number of para-hydroxylation sites is 1. The molecule has 1 fully saturated rings. The van der Waals surface area contributed by atoms with Gasteiger partial charge in [0.2, 0.25) is 5.75 Å². The number of piperazine rings is 1. The normalized spacial score (nSPS) is 13.6. The second kappa shape index (κ2) is 12.2. The van der Waals surface area contributed by atoms with Crippen LogP contribution in [0.3, 0.4) is 0 Å². The smallest absolute Gasteiger partial charge is 0.255 e. The van der Waals surface area contributed by atoms with Crippen molar-refractivity contribution < 1.29 is 23.4 Å².